The molecule has 0 aliphatic carbocycles. The molecule has 1 aliphatic rings. The highest BCUT2D eigenvalue weighted by molar-refractivity contribution is 6.32. The molecule has 1 saturated heterocycles. The summed E-state index contributed by atoms with van der Waals surface area (Å²) in [6, 6.07) is 8.07. The number of nitrogens with one attached hydrogen (secondary N) is 1. The van der Waals surface area contributed by atoms with Gasteiger partial charge in [-0.15, -0.1) is 0 Å². The molecular formula is C15H17Cl2N3. The van der Waals surface area contributed by atoms with Crippen molar-refractivity contribution in [2.45, 2.75) is 18.8 Å². The molecule has 0 saturated carbocycles. The van der Waals surface area contributed by atoms with E-state index in [4.69, 9.17) is 23.2 Å². The lowest BCUT2D eigenvalue weighted by molar-refractivity contribution is 0.270. The number of aromatic nitrogens is 2. The summed E-state index contributed by atoms with van der Waals surface area (Å²) in [7, 11) is 1.95. The van der Waals surface area contributed by atoms with Crippen molar-refractivity contribution >= 4 is 23.2 Å². The molecule has 0 spiro atoms. The van der Waals surface area contributed by atoms with Crippen LogP contribution in [0.2, 0.25) is 10.0 Å². The third-order valence-electron chi connectivity index (χ3n) is 4.14. The van der Waals surface area contributed by atoms with Crippen LogP contribution in [0.4, 0.5) is 0 Å². The van der Waals surface area contributed by atoms with Crippen molar-refractivity contribution < 1.29 is 0 Å². The molecule has 0 amide bonds. The van der Waals surface area contributed by atoms with Gasteiger partial charge in [0.05, 0.1) is 16.4 Å². The second-order valence-corrected chi connectivity index (χ2v) is 6.30. The lowest BCUT2D eigenvalue weighted by atomic mass is 9.72. The number of halogens is 2. The predicted molar refractivity (Wildman–Crippen MR) is 82.7 cm³/mol. The van der Waals surface area contributed by atoms with Crippen molar-refractivity contribution in [2.24, 2.45) is 7.05 Å². The third kappa shape index (κ3) is 2.14. The molecule has 1 aromatic carbocycles. The second-order valence-electron chi connectivity index (χ2n) is 5.51. The van der Waals surface area contributed by atoms with Crippen molar-refractivity contribution in [1.82, 2.24) is 15.1 Å². The smallest absolute Gasteiger partial charge is 0.0847 e. The molecule has 0 unspecified atom stereocenters. The van der Waals surface area contributed by atoms with Crippen molar-refractivity contribution in [3.63, 3.8) is 0 Å². The van der Waals surface area contributed by atoms with E-state index in [2.05, 4.69) is 16.5 Å². The number of aryl methyl sites for hydroxylation is 2. The third-order valence-corrected chi connectivity index (χ3v) is 4.96. The van der Waals surface area contributed by atoms with Crippen LogP contribution in [-0.2, 0) is 18.9 Å². The largest absolute Gasteiger partial charge is 0.315 e. The molecule has 1 N–H and O–H groups in total. The second kappa shape index (κ2) is 5.06. The highest BCUT2D eigenvalue weighted by atomic mass is 35.5. The van der Waals surface area contributed by atoms with Gasteiger partial charge in [0.25, 0.3) is 0 Å². The summed E-state index contributed by atoms with van der Waals surface area (Å²) in [6.45, 7) is 3.77. The first-order valence-electron chi connectivity index (χ1n) is 6.67. The molecule has 20 heavy (non-hydrogen) atoms. The van der Waals surface area contributed by atoms with Crippen LogP contribution in [-0.4, -0.2) is 22.9 Å². The lowest BCUT2D eigenvalue weighted by Crippen LogP contribution is -2.58. The Morgan fingerprint density at radius 3 is 2.50 bits per heavy atom. The Labute approximate surface area is 128 Å². The highest BCUT2D eigenvalue weighted by Crippen LogP contribution is 2.38. The number of hydrogen-bond donors (Lipinski definition) is 1. The Kier molecular flexibility index (Phi) is 3.53. The van der Waals surface area contributed by atoms with Crippen molar-refractivity contribution in [3.05, 3.63) is 51.3 Å². The summed E-state index contributed by atoms with van der Waals surface area (Å²) < 4.78 is 1.88. The van der Waals surface area contributed by atoms with E-state index in [0.717, 1.165) is 40.9 Å². The number of nitrogens with zero attached hydrogens (tertiary/aromatic N) is 2. The molecule has 2 heterocycles. The van der Waals surface area contributed by atoms with Crippen LogP contribution in [0.25, 0.3) is 0 Å². The van der Waals surface area contributed by atoms with Crippen LogP contribution in [0, 0.1) is 6.92 Å². The highest BCUT2D eigenvalue weighted by Gasteiger charge is 2.41. The van der Waals surface area contributed by atoms with Gasteiger partial charge in [-0.3, -0.25) is 4.68 Å². The summed E-state index contributed by atoms with van der Waals surface area (Å²) in [4.78, 5) is 0. The van der Waals surface area contributed by atoms with E-state index in [9.17, 15) is 0 Å². The molecule has 0 atom stereocenters. The quantitative estimate of drug-likeness (QED) is 0.944. The molecule has 3 rings (SSSR count). The predicted octanol–water partition coefficient (Wildman–Crippen LogP) is 3.12. The van der Waals surface area contributed by atoms with Gasteiger partial charge in [0.1, 0.15) is 0 Å². The molecule has 3 nitrogen and oxygen atoms in total. The Bertz CT molecular complexity index is 645. The summed E-state index contributed by atoms with van der Waals surface area (Å²) in [5, 5.41) is 9.36. The van der Waals surface area contributed by atoms with E-state index in [1.54, 1.807) is 0 Å². The molecule has 106 valence electrons. The molecule has 2 aromatic rings. The number of hydrogen-bond acceptors (Lipinski definition) is 2. The van der Waals surface area contributed by atoms with Gasteiger partial charge in [-0.25, -0.2) is 0 Å². The molecule has 1 aliphatic heterocycles. The maximum Gasteiger partial charge on any atom is 0.0847 e. The van der Waals surface area contributed by atoms with Gasteiger partial charge >= 0.3 is 0 Å². The molecular weight excluding hydrogens is 293 g/mol. The topological polar surface area (TPSA) is 29.9 Å². The maximum atomic E-state index is 6.39. The number of benzene rings is 1. The molecule has 1 fully saturated rings. The van der Waals surface area contributed by atoms with Gasteiger partial charge in [0, 0.05) is 37.0 Å². The fourth-order valence-corrected chi connectivity index (χ4v) is 3.48. The Morgan fingerprint density at radius 2 is 2.00 bits per heavy atom. The summed E-state index contributed by atoms with van der Waals surface area (Å²) in [5.41, 5.74) is 3.16. The van der Waals surface area contributed by atoms with Crippen molar-refractivity contribution in [2.75, 3.05) is 13.1 Å². The zero-order chi connectivity index (χ0) is 14.3. The van der Waals surface area contributed by atoms with Crippen LogP contribution in [0.5, 0.6) is 0 Å². The van der Waals surface area contributed by atoms with Gasteiger partial charge in [-0.2, -0.15) is 5.10 Å². The fraction of sp³-hybridized carbons (Fsp3) is 0.400. The van der Waals surface area contributed by atoms with Crippen LogP contribution in [0.3, 0.4) is 0 Å². The molecule has 1 aromatic heterocycles. The van der Waals surface area contributed by atoms with Crippen molar-refractivity contribution in [1.29, 1.82) is 0 Å². The fourth-order valence-electron chi connectivity index (χ4n) is 2.92. The zero-order valence-corrected chi connectivity index (χ0v) is 13.1. The SMILES string of the molecule is Cc1nn(C)c(CC2(c3ccccc3Cl)CNC2)c1Cl. The minimum Gasteiger partial charge on any atom is -0.315 e. The first-order valence-corrected chi connectivity index (χ1v) is 7.43. The first kappa shape index (κ1) is 13.9. The standard InChI is InChI=1S/C15H17Cl2N3/c1-10-14(17)13(20(2)19-10)7-15(8-18-9-15)11-5-3-4-6-12(11)16/h3-6,18H,7-9H2,1-2H3. The average molecular weight is 310 g/mol. The molecule has 0 radical (unpaired) electrons. The Hall–Kier alpha value is -1.03. The minimum absolute atomic E-state index is 0.0161. The van der Waals surface area contributed by atoms with Gasteiger partial charge < -0.3 is 5.32 Å². The van der Waals surface area contributed by atoms with E-state index in [-0.39, 0.29) is 5.41 Å². The van der Waals surface area contributed by atoms with Crippen LogP contribution in [0.15, 0.2) is 24.3 Å². The maximum absolute atomic E-state index is 6.39. The van der Waals surface area contributed by atoms with E-state index < -0.39 is 0 Å². The van der Waals surface area contributed by atoms with Crippen LogP contribution < -0.4 is 5.32 Å². The lowest BCUT2D eigenvalue weighted by Gasteiger charge is -2.44. The minimum atomic E-state index is 0.0161. The average Bonchev–Trinajstić information content (AvgIpc) is 2.61. The van der Waals surface area contributed by atoms with Gasteiger partial charge in [0.15, 0.2) is 0 Å². The first-order chi connectivity index (χ1) is 9.53. The van der Waals surface area contributed by atoms with E-state index in [0.29, 0.717) is 0 Å². The van der Waals surface area contributed by atoms with Crippen molar-refractivity contribution in [3.8, 4) is 0 Å². The van der Waals surface area contributed by atoms with Gasteiger partial charge in [0.2, 0.25) is 0 Å². The van der Waals surface area contributed by atoms with E-state index in [1.165, 1.54) is 5.56 Å². The normalized spacial score (nSPS) is 17.0. The van der Waals surface area contributed by atoms with E-state index in [1.807, 2.05) is 36.9 Å². The summed E-state index contributed by atoms with van der Waals surface area (Å²) >= 11 is 12.8. The van der Waals surface area contributed by atoms with Gasteiger partial charge in [-0.05, 0) is 18.6 Å². The zero-order valence-electron chi connectivity index (χ0n) is 11.6. The number of rotatable bonds is 3. The van der Waals surface area contributed by atoms with E-state index >= 15 is 0 Å². The molecule has 5 heteroatoms. The monoisotopic (exact) mass is 309 g/mol. The van der Waals surface area contributed by atoms with Crippen LogP contribution in [0.1, 0.15) is 17.0 Å². The van der Waals surface area contributed by atoms with Crippen LogP contribution >= 0.6 is 23.2 Å². The Balaban J connectivity index is 2.01. The Morgan fingerprint density at radius 1 is 1.30 bits per heavy atom. The summed E-state index contributed by atoms with van der Waals surface area (Å²) in [5.74, 6) is 0. The molecule has 0 bridgehead atoms. The summed E-state index contributed by atoms with van der Waals surface area (Å²) in [6.07, 6.45) is 0.847. The van der Waals surface area contributed by atoms with Gasteiger partial charge in [-0.1, -0.05) is 41.4 Å².